The molecule has 1 fully saturated rings. The number of likely N-dealkylation sites (tertiary alicyclic amines) is 1. The molecule has 0 radical (unpaired) electrons. The van der Waals surface area contributed by atoms with Crippen LogP contribution in [0.5, 0.6) is 0 Å². The predicted molar refractivity (Wildman–Crippen MR) is 97.5 cm³/mol. The number of nitrogens with zero attached hydrogens (tertiary/aromatic N) is 1. The number of amides is 3. The van der Waals surface area contributed by atoms with Crippen molar-refractivity contribution in [1.29, 1.82) is 0 Å². The molecule has 0 saturated carbocycles. The van der Waals surface area contributed by atoms with Gasteiger partial charge in [-0.15, -0.1) is 0 Å². The van der Waals surface area contributed by atoms with Crippen molar-refractivity contribution >= 4 is 18.1 Å². The lowest BCUT2D eigenvalue weighted by atomic mass is 9.94. The lowest BCUT2D eigenvalue weighted by Gasteiger charge is -2.33. The first-order valence-electron chi connectivity index (χ1n) is 9.34. The van der Waals surface area contributed by atoms with Crippen molar-refractivity contribution in [2.24, 2.45) is 11.7 Å². The molecule has 0 bridgehead atoms. The van der Waals surface area contributed by atoms with E-state index in [1.807, 2.05) is 0 Å². The molecule has 150 valence electrons. The highest BCUT2D eigenvalue weighted by molar-refractivity contribution is 5.83. The van der Waals surface area contributed by atoms with Gasteiger partial charge >= 0.3 is 12.2 Å². The molecule has 1 rings (SSSR count). The number of carbonyl (C=O) groups excluding carboxylic acids is 3. The van der Waals surface area contributed by atoms with E-state index < -0.39 is 23.9 Å². The van der Waals surface area contributed by atoms with Crippen molar-refractivity contribution in [1.82, 2.24) is 10.2 Å². The van der Waals surface area contributed by atoms with E-state index in [0.29, 0.717) is 38.4 Å². The largest absolute Gasteiger partial charge is 0.444 e. The average Bonchev–Trinajstić information content (AvgIpc) is 2.55. The Morgan fingerprint density at radius 1 is 1.23 bits per heavy atom. The molecule has 8 nitrogen and oxygen atoms in total. The van der Waals surface area contributed by atoms with Gasteiger partial charge in [-0.05, 0) is 52.4 Å². The number of alkyl carbamates (subject to hydrolysis) is 1. The summed E-state index contributed by atoms with van der Waals surface area (Å²) in [6.07, 6.45) is 1.41. The van der Waals surface area contributed by atoms with Crippen LogP contribution in [0, 0.1) is 5.92 Å². The third-order valence-corrected chi connectivity index (χ3v) is 4.35. The number of primary amides is 1. The Labute approximate surface area is 155 Å². The van der Waals surface area contributed by atoms with Gasteiger partial charge in [0, 0.05) is 19.6 Å². The van der Waals surface area contributed by atoms with Crippen molar-refractivity contribution < 1.29 is 23.9 Å². The van der Waals surface area contributed by atoms with Gasteiger partial charge in [0.1, 0.15) is 5.60 Å². The molecule has 1 aliphatic rings. The molecule has 1 atom stereocenters. The van der Waals surface area contributed by atoms with Crippen LogP contribution < -0.4 is 11.1 Å². The zero-order valence-corrected chi connectivity index (χ0v) is 16.4. The quantitative estimate of drug-likeness (QED) is 0.668. The van der Waals surface area contributed by atoms with Crippen molar-refractivity contribution in [3.05, 3.63) is 0 Å². The number of hydrogen-bond acceptors (Lipinski definition) is 5. The van der Waals surface area contributed by atoms with Crippen LogP contribution >= 0.6 is 0 Å². The molecular weight excluding hydrogens is 338 g/mol. The minimum absolute atomic E-state index is 0.212. The third kappa shape index (κ3) is 8.40. The predicted octanol–water partition coefficient (Wildman–Crippen LogP) is 2.40. The number of nitrogens with one attached hydrogen (secondary N) is 1. The molecule has 0 aromatic carbocycles. The Bertz CT molecular complexity index is 482. The zero-order chi connectivity index (χ0) is 19.7. The van der Waals surface area contributed by atoms with Crippen molar-refractivity contribution in [2.45, 2.75) is 71.5 Å². The highest BCUT2D eigenvalue weighted by Crippen LogP contribution is 2.21. The summed E-state index contributed by atoms with van der Waals surface area (Å²) in [5, 5.41) is 2.62. The van der Waals surface area contributed by atoms with Gasteiger partial charge in [-0.3, -0.25) is 4.79 Å². The molecule has 1 heterocycles. The van der Waals surface area contributed by atoms with E-state index in [1.54, 1.807) is 25.7 Å². The summed E-state index contributed by atoms with van der Waals surface area (Å²) in [4.78, 5) is 37.1. The molecule has 0 aromatic heterocycles. The lowest BCUT2D eigenvalue weighted by molar-refractivity contribution is -0.142. The second-order valence-corrected chi connectivity index (χ2v) is 7.67. The topological polar surface area (TPSA) is 111 Å². The Kier molecular flexibility index (Phi) is 8.68. The Hall–Kier alpha value is -1.99. The molecule has 0 spiro atoms. The first kappa shape index (κ1) is 22.1. The normalized spacial score (nSPS) is 16.7. The summed E-state index contributed by atoms with van der Waals surface area (Å²) in [6, 6.07) is 0. The summed E-state index contributed by atoms with van der Waals surface area (Å²) in [5.41, 5.74) is 4.54. The fourth-order valence-corrected chi connectivity index (χ4v) is 2.93. The van der Waals surface area contributed by atoms with Gasteiger partial charge in [0.25, 0.3) is 5.91 Å². The van der Waals surface area contributed by atoms with E-state index >= 15 is 0 Å². The maximum Gasteiger partial charge on any atom is 0.407 e. The molecule has 3 amide bonds. The van der Waals surface area contributed by atoms with E-state index in [0.717, 1.165) is 19.3 Å². The van der Waals surface area contributed by atoms with Crippen LogP contribution in [0.2, 0.25) is 0 Å². The Morgan fingerprint density at radius 3 is 2.35 bits per heavy atom. The monoisotopic (exact) mass is 371 g/mol. The van der Waals surface area contributed by atoms with E-state index in [9.17, 15) is 14.4 Å². The summed E-state index contributed by atoms with van der Waals surface area (Å²) in [6.45, 7) is 9.16. The van der Waals surface area contributed by atoms with Crippen molar-refractivity contribution in [3.8, 4) is 0 Å². The number of ether oxygens (including phenoxy) is 2. The van der Waals surface area contributed by atoms with Crippen LogP contribution in [0.4, 0.5) is 9.59 Å². The zero-order valence-electron chi connectivity index (χ0n) is 16.4. The number of rotatable bonds is 7. The van der Waals surface area contributed by atoms with Gasteiger partial charge < -0.3 is 25.4 Å². The summed E-state index contributed by atoms with van der Waals surface area (Å²) in [7, 11) is 0. The molecule has 3 N–H and O–H groups in total. The molecule has 0 aliphatic carbocycles. The van der Waals surface area contributed by atoms with E-state index in [4.69, 9.17) is 15.2 Å². The van der Waals surface area contributed by atoms with Crippen LogP contribution in [0.1, 0.15) is 59.8 Å². The van der Waals surface area contributed by atoms with E-state index in [2.05, 4.69) is 12.2 Å². The van der Waals surface area contributed by atoms with E-state index in [-0.39, 0.29) is 5.91 Å². The van der Waals surface area contributed by atoms with Crippen LogP contribution in [0.25, 0.3) is 0 Å². The van der Waals surface area contributed by atoms with Crippen LogP contribution in [0.3, 0.4) is 0 Å². The lowest BCUT2D eigenvalue weighted by Crippen LogP contribution is -2.46. The third-order valence-electron chi connectivity index (χ3n) is 4.35. The highest BCUT2D eigenvalue weighted by Gasteiger charge is 2.29. The number of hydrogen-bond donors (Lipinski definition) is 2. The Balaban J connectivity index is 2.45. The highest BCUT2D eigenvalue weighted by atomic mass is 16.6. The molecule has 8 heteroatoms. The fourth-order valence-electron chi connectivity index (χ4n) is 2.93. The summed E-state index contributed by atoms with van der Waals surface area (Å²) >= 11 is 0. The smallest absolute Gasteiger partial charge is 0.407 e. The standard InChI is InChI=1S/C18H33N3O5/c1-5-13-8-11-21(12-9-13)15(22)14(25-16(19)23)7-6-10-20-17(24)26-18(2,3)4/h13-14H,5-12H2,1-4H3,(H2,19,23)(H,20,24). The maximum absolute atomic E-state index is 12.6. The number of carbonyl (C=O) groups is 3. The molecule has 0 aromatic rings. The fraction of sp³-hybridized carbons (Fsp3) is 0.833. The summed E-state index contributed by atoms with van der Waals surface area (Å²) in [5.74, 6) is 0.434. The Morgan fingerprint density at radius 2 is 1.85 bits per heavy atom. The van der Waals surface area contributed by atoms with Gasteiger partial charge in [0.15, 0.2) is 6.10 Å². The minimum Gasteiger partial charge on any atom is -0.444 e. The first-order valence-corrected chi connectivity index (χ1v) is 9.34. The molecule has 26 heavy (non-hydrogen) atoms. The molecule has 1 unspecified atom stereocenters. The van der Waals surface area contributed by atoms with Crippen LogP contribution in [0.15, 0.2) is 0 Å². The SMILES string of the molecule is CCC1CCN(C(=O)C(CCCNC(=O)OC(C)(C)C)OC(N)=O)CC1. The molecule has 1 aliphatic heterocycles. The second kappa shape index (κ2) is 10.2. The van der Waals surface area contributed by atoms with E-state index in [1.165, 1.54) is 0 Å². The maximum atomic E-state index is 12.6. The second-order valence-electron chi connectivity index (χ2n) is 7.67. The van der Waals surface area contributed by atoms with Gasteiger partial charge in [-0.1, -0.05) is 13.3 Å². The van der Waals surface area contributed by atoms with Gasteiger partial charge in [-0.2, -0.15) is 0 Å². The van der Waals surface area contributed by atoms with Crippen LogP contribution in [-0.2, 0) is 14.3 Å². The number of piperidine rings is 1. The summed E-state index contributed by atoms with van der Waals surface area (Å²) < 4.78 is 10.2. The van der Waals surface area contributed by atoms with Gasteiger partial charge in [-0.25, -0.2) is 9.59 Å². The van der Waals surface area contributed by atoms with Crippen molar-refractivity contribution in [3.63, 3.8) is 0 Å². The minimum atomic E-state index is -0.966. The first-order chi connectivity index (χ1) is 12.1. The van der Waals surface area contributed by atoms with Crippen molar-refractivity contribution in [2.75, 3.05) is 19.6 Å². The number of nitrogens with two attached hydrogens (primary N) is 1. The molecular formula is C18H33N3O5. The van der Waals surface area contributed by atoms with Crippen LogP contribution in [-0.4, -0.2) is 54.3 Å². The average molecular weight is 371 g/mol. The molecule has 1 saturated heterocycles. The van der Waals surface area contributed by atoms with Gasteiger partial charge in [0.05, 0.1) is 0 Å². The van der Waals surface area contributed by atoms with Gasteiger partial charge in [0.2, 0.25) is 0 Å².